The van der Waals surface area contributed by atoms with Crippen molar-refractivity contribution in [3.63, 3.8) is 0 Å². The zero-order chi connectivity index (χ0) is 11.6. The van der Waals surface area contributed by atoms with Crippen LogP contribution in [-0.4, -0.2) is 25.8 Å². The van der Waals surface area contributed by atoms with Gasteiger partial charge >= 0.3 is 0 Å². The molecule has 0 saturated heterocycles. The first-order valence-corrected chi connectivity index (χ1v) is 7.08. The Kier molecular flexibility index (Phi) is 7.47. The van der Waals surface area contributed by atoms with E-state index in [2.05, 4.69) is 36.7 Å². The highest BCUT2D eigenvalue weighted by molar-refractivity contribution is 7.09. The number of rotatable bonds is 9. The second-order valence-corrected chi connectivity index (χ2v) is 4.96. The van der Waals surface area contributed by atoms with E-state index >= 15 is 0 Å². The zero-order valence-corrected chi connectivity index (χ0v) is 11.2. The number of nitrogens with one attached hydrogen (secondary N) is 1. The number of hydrogen-bond acceptors (Lipinski definition) is 3. The summed E-state index contributed by atoms with van der Waals surface area (Å²) in [4.78, 5) is 1.47. The van der Waals surface area contributed by atoms with E-state index in [1.165, 1.54) is 17.7 Å². The molecule has 0 spiro atoms. The summed E-state index contributed by atoms with van der Waals surface area (Å²) in [5.74, 6) is 0. The van der Waals surface area contributed by atoms with Crippen molar-refractivity contribution in [1.82, 2.24) is 5.32 Å². The van der Waals surface area contributed by atoms with E-state index in [0.29, 0.717) is 6.04 Å². The fourth-order valence-corrected chi connectivity index (χ4v) is 2.35. The van der Waals surface area contributed by atoms with Crippen LogP contribution in [0.25, 0.3) is 0 Å². The quantitative estimate of drug-likeness (QED) is 0.717. The minimum absolute atomic E-state index is 0.502. The van der Waals surface area contributed by atoms with Crippen molar-refractivity contribution in [1.29, 1.82) is 0 Å². The summed E-state index contributed by atoms with van der Waals surface area (Å²) in [6.07, 6.45) is 3.51. The molecule has 0 aromatic carbocycles. The molecule has 0 bridgehead atoms. The molecule has 1 atom stereocenters. The summed E-state index contributed by atoms with van der Waals surface area (Å²) in [6, 6.07) is 4.83. The van der Waals surface area contributed by atoms with Gasteiger partial charge in [0.15, 0.2) is 0 Å². The molecule has 0 aliphatic rings. The van der Waals surface area contributed by atoms with Gasteiger partial charge in [-0.05, 0) is 44.2 Å². The molecule has 1 N–H and O–H groups in total. The van der Waals surface area contributed by atoms with Crippen LogP contribution in [0.2, 0.25) is 0 Å². The first-order valence-electron chi connectivity index (χ1n) is 6.20. The Hall–Kier alpha value is -0.380. The lowest BCUT2D eigenvalue weighted by molar-refractivity contribution is 0.120. The van der Waals surface area contributed by atoms with Crippen molar-refractivity contribution in [2.24, 2.45) is 0 Å². The summed E-state index contributed by atoms with van der Waals surface area (Å²) in [5.41, 5.74) is 0. The monoisotopic (exact) mass is 241 g/mol. The molecule has 3 heteroatoms. The summed E-state index contributed by atoms with van der Waals surface area (Å²) in [7, 11) is 0. The molecule has 2 nitrogen and oxygen atoms in total. The van der Waals surface area contributed by atoms with Gasteiger partial charge in [0.25, 0.3) is 0 Å². The first-order chi connectivity index (χ1) is 7.86. The lowest BCUT2D eigenvalue weighted by Gasteiger charge is -2.17. The van der Waals surface area contributed by atoms with Crippen LogP contribution < -0.4 is 5.32 Å². The predicted octanol–water partition coefficient (Wildman–Crippen LogP) is 3.09. The van der Waals surface area contributed by atoms with E-state index in [9.17, 15) is 0 Å². The molecule has 0 fully saturated rings. The summed E-state index contributed by atoms with van der Waals surface area (Å²) >= 11 is 1.84. The molecule has 1 rings (SSSR count). The summed E-state index contributed by atoms with van der Waals surface area (Å²) < 4.78 is 5.50. The average Bonchev–Trinajstić information content (AvgIpc) is 2.81. The van der Waals surface area contributed by atoms with Crippen molar-refractivity contribution in [2.45, 2.75) is 39.2 Å². The maximum absolute atomic E-state index is 5.50. The summed E-state index contributed by atoms with van der Waals surface area (Å²) in [6.45, 7) is 6.98. The van der Waals surface area contributed by atoms with Crippen LogP contribution in [0.15, 0.2) is 17.5 Å². The second-order valence-electron chi connectivity index (χ2n) is 3.93. The predicted molar refractivity (Wildman–Crippen MR) is 71.2 cm³/mol. The van der Waals surface area contributed by atoms with Gasteiger partial charge in [0, 0.05) is 17.5 Å². The highest BCUT2D eigenvalue weighted by atomic mass is 32.1. The van der Waals surface area contributed by atoms with Crippen LogP contribution in [0.3, 0.4) is 0 Å². The first kappa shape index (κ1) is 13.7. The van der Waals surface area contributed by atoms with Crippen molar-refractivity contribution in [3.8, 4) is 0 Å². The highest BCUT2D eigenvalue weighted by Crippen LogP contribution is 2.12. The minimum atomic E-state index is 0.502. The highest BCUT2D eigenvalue weighted by Gasteiger charge is 2.08. The Morgan fingerprint density at radius 2 is 2.31 bits per heavy atom. The van der Waals surface area contributed by atoms with Gasteiger partial charge in [-0.1, -0.05) is 13.0 Å². The van der Waals surface area contributed by atoms with Gasteiger partial charge in [0.1, 0.15) is 0 Å². The summed E-state index contributed by atoms with van der Waals surface area (Å²) in [5, 5.41) is 5.69. The van der Waals surface area contributed by atoms with E-state index in [1.54, 1.807) is 0 Å². The van der Waals surface area contributed by atoms with Crippen LogP contribution in [0.1, 0.15) is 31.6 Å². The van der Waals surface area contributed by atoms with Gasteiger partial charge in [-0.2, -0.15) is 0 Å². The van der Waals surface area contributed by atoms with Gasteiger partial charge < -0.3 is 10.1 Å². The molecule has 0 radical (unpaired) electrons. The Balaban J connectivity index is 2.25. The third-order valence-corrected chi connectivity index (χ3v) is 3.46. The molecule has 1 aromatic rings. The minimum Gasteiger partial charge on any atom is -0.380 e. The van der Waals surface area contributed by atoms with Crippen molar-refractivity contribution in [3.05, 3.63) is 22.4 Å². The molecule has 0 saturated carbocycles. The molecular formula is C13H23NOS. The Morgan fingerprint density at radius 3 is 2.94 bits per heavy atom. The second kappa shape index (κ2) is 8.74. The maximum Gasteiger partial charge on any atom is 0.0619 e. The third-order valence-electron chi connectivity index (χ3n) is 2.53. The molecule has 1 unspecified atom stereocenters. The number of aryl methyl sites for hydroxylation is 1. The Morgan fingerprint density at radius 1 is 1.44 bits per heavy atom. The van der Waals surface area contributed by atoms with E-state index < -0.39 is 0 Å². The smallest absolute Gasteiger partial charge is 0.0619 e. The Labute approximate surface area is 103 Å². The van der Waals surface area contributed by atoms with Gasteiger partial charge in [-0.15, -0.1) is 11.3 Å². The zero-order valence-electron chi connectivity index (χ0n) is 10.4. The van der Waals surface area contributed by atoms with E-state index in [1.807, 2.05) is 11.3 Å². The van der Waals surface area contributed by atoms with E-state index in [4.69, 9.17) is 4.74 Å². The van der Waals surface area contributed by atoms with Gasteiger partial charge in [-0.3, -0.25) is 0 Å². The van der Waals surface area contributed by atoms with Crippen molar-refractivity contribution < 1.29 is 4.74 Å². The van der Waals surface area contributed by atoms with Gasteiger partial charge in [-0.25, -0.2) is 0 Å². The van der Waals surface area contributed by atoms with E-state index in [0.717, 1.165) is 26.2 Å². The standard InChI is InChI=1S/C13H23NOS/c1-3-9-14-12(11-15-4-2)7-8-13-6-5-10-16-13/h5-6,10,12,14H,3-4,7-9,11H2,1-2H3. The molecule has 1 heterocycles. The molecule has 0 amide bonds. The molecule has 0 aliphatic heterocycles. The van der Waals surface area contributed by atoms with Crippen LogP contribution >= 0.6 is 11.3 Å². The number of thiophene rings is 1. The number of hydrogen-bond donors (Lipinski definition) is 1. The lowest BCUT2D eigenvalue weighted by Crippen LogP contribution is -2.34. The Bertz CT molecular complexity index is 240. The van der Waals surface area contributed by atoms with Gasteiger partial charge in [0.05, 0.1) is 6.61 Å². The van der Waals surface area contributed by atoms with Crippen molar-refractivity contribution >= 4 is 11.3 Å². The number of ether oxygens (including phenoxy) is 1. The molecular weight excluding hydrogens is 218 g/mol. The fourth-order valence-electron chi connectivity index (χ4n) is 1.62. The lowest BCUT2D eigenvalue weighted by atomic mass is 10.1. The van der Waals surface area contributed by atoms with Crippen LogP contribution in [-0.2, 0) is 11.2 Å². The normalized spacial score (nSPS) is 12.9. The van der Waals surface area contributed by atoms with Gasteiger partial charge in [0.2, 0.25) is 0 Å². The average molecular weight is 241 g/mol. The molecule has 16 heavy (non-hydrogen) atoms. The van der Waals surface area contributed by atoms with Crippen LogP contribution in [0.5, 0.6) is 0 Å². The fraction of sp³-hybridized carbons (Fsp3) is 0.692. The third kappa shape index (κ3) is 5.64. The SMILES string of the molecule is CCCNC(CCc1cccs1)COCC. The molecule has 0 aliphatic carbocycles. The molecule has 1 aromatic heterocycles. The maximum atomic E-state index is 5.50. The van der Waals surface area contributed by atoms with E-state index in [-0.39, 0.29) is 0 Å². The van der Waals surface area contributed by atoms with Crippen LogP contribution in [0, 0.1) is 0 Å². The largest absolute Gasteiger partial charge is 0.380 e. The molecule has 92 valence electrons. The van der Waals surface area contributed by atoms with Crippen molar-refractivity contribution in [2.75, 3.05) is 19.8 Å². The topological polar surface area (TPSA) is 21.3 Å². The van der Waals surface area contributed by atoms with Crippen LogP contribution in [0.4, 0.5) is 0 Å².